The summed E-state index contributed by atoms with van der Waals surface area (Å²) in [5.74, 6) is -0.0152. The van der Waals surface area contributed by atoms with E-state index in [2.05, 4.69) is 32.0 Å². The van der Waals surface area contributed by atoms with Crippen molar-refractivity contribution >= 4 is 24.4 Å². The fraction of sp³-hybridized carbons (Fsp3) is 0.500. The molecule has 1 aliphatic heterocycles. The Hall–Kier alpha value is -2.57. The molecule has 1 fully saturated rings. The molecular formula is C28H40ClN3O3. The van der Waals surface area contributed by atoms with E-state index in [1.807, 2.05) is 60.9 Å². The molecule has 2 N–H and O–H groups in total. The number of piperidine rings is 1. The van der Waals surface area contributed by atoms with Crippen LogP contribution in [0.5, 0.6) is 0 Å². The quantitative estimate of drug-likeness (QED) is 0.588. The van der Waals surface area contributed by atoms with Crippen LogP contribution in [-0.2, 0) is 22.7 Å². The molecule has 2 aromatic rings. The van der Waals surface area contributed by atoms with Gasteiger partial charge in [0.25, 0.3) is 0 Å². The molecule has 6 nitrogen and oxygen atoms in total. The van der Waals surface area contributed by atoms with E-state index in [0.29, 0.717) is 32.5 Å². The third kappa shape index (κ3) is 7.71. The summed E-state index contributed by atoms with van der Waals surface area (Å²) in [5.41, 5.74) is 10.3. The summed E-state index contributed by atoms with van der Waals surface area (Å²) in [5, 5.41) is 0. The second kappa shape index (κ2) is 12.4. The lowest BCUT2D eigenvalue weighted by atomic mass is 9.86. The van der Waals surface area contributed by atoms with Crippen LogP contribution < -0.4 is 5.73 Å². The highest BCUT2D eigenvalue weighted by molar-refractivity contribution is 5.85. The van der Waals surface area contributed by atoms with E-state index in [0.717, 1.165) is 16.7 Å². The van der Waals surface area contributed by atoms with Crippen LogP contribution in [-0.4, -0.2) is 47.0 Å². The summed E-state index contributed by atoms with van der Waals surface area (Å²) in [7, 11) is 0. The number of halogens is 1. The Bertz CT molecular complexity index is 983. The number of carbonyl (C=O) groups is 2. The minimum atomic E-state index is -0.536. The highest BCUT2D eigenvalue weighted by atomic mass is 35.5. The minimum absolute atomic E-state index is 0. The Labute approximate surface area is 216 Å². The predicted octanol–water partition coefficient (Wildman–Crippen LogP) is 5.23. The Morgan fingerprint density at radius 2 is 1.71 bits per heavy atom. The zero-order valence-corrected chi connectivity index (χ0v) is 22.4. The average Bonchev–Trinajstić information content (AvgIpc) is 2.81. The van der Waals surface area contributed by atoms with Gasteiger partial charge in [0.05, 0.1) is 6.04 Å². The molecule has 1 atom stereocenters. The summed E-state index contributed by atoms with van der Waals surface area (Å²) in [6.07, 6.45) is 1.09. The van der Waals surface area contributed by atoms with Crippen LogP contribution in [0.1, 0.15) is 55.9 Å². The molecule has 1 heterocycles. The predicted molar refractivity (Wildman–Crippen MR) is 142 cm³/mol. The van der Waals surface area contributed by atoms with Crippen molar-refractivity contribution in [1.29, 1.82) is 0 Å². The molecule has 0 radical (unpaired) electrons. The van der Waals surface area contributed by atoms with Gasteiger partial charge in [-0.2, -0.15) is 0 Å². The zero-order valence-electron chi connectivity index (χ0n) is 21.6. The summed E-state index contributed by atoms with van der Waals surface area (Å²) >= 11 is 0. The van der Waals surface area contributed by atoms with Gasteiger partial charge < -0.3 is 20.3 Å². The van der Waals surface area contributed by atoms with E-state index < -0.39 is 6.04 Å². The third-order valence-electron chi connectivity index (χ3n) is 6.69. The maximum absolute atomic E-state index is 13.3. The summed E-state index contributed by atoms with van der Waals surface area (Å²) in [6, 6.07) is 15.5. The number of aryl methyl sites for hydroxylation is 2. The van der Waals surface area contributed by atoms with Gasteiger partial charge in [0.1, 0.15) is 6.61 Å². The van der Waals surface area contributed by atoms with E-state index >= 15 is 0 Å². The Morgan fingerprint density at radius 3 is 2.29 bits per heavy atom. The van der Waals surface area contributed by atoms with E-state index in [-0.39, 0.29) is 42.5 Å². The van der Waals surface area contributed by atoms with Gasteiger partial charge in [-0.15, -0.1) is 12.4 Å². The fourth-order valence-electron chi connectivity index (χ4n) is 4.32. The number of benzene rings is 2. The summed E-state index contributed by atoms with van der Waals surface area (Å²) in [4.78, 5) is 29.8. The molecule has 1 aliphatic rings. The molecule has 35 heavy (non-hydrogen) atoms. The Balaban J connectivity index is 0.00000432. The van der Waals surface area contributed by atoms with E-state index in [1.54, 1.807) is 0 Å². The summed E-state index contributed by atoms with van der Waals surface area (Å²) < 4.78 is 5.72. The maximum atomic E-state index is 13.3. The maximum Gasteiger partial charge on any atom is 0.410 e. The molecule has 0 saturated carbocycles. The largest absolute Gasteiger partial charge is 0.445 e. The monoisotopic (exact) mass is 501 g/mol. The molecule has 0 aromatic heterocycles. The van der Waals surface area contributed by atoms with Crippen molar-refractivity contribution in [2.45, 2.75) is 72.7 Å². The first kappa shape index (κ1) is 28.7. The molecule has 3 rings (SSSR count). The lowest BCUT2D eigenvalue weighted by Crippen LogP contribution is -2.54. The first-order chi connectivity index (χ1) is 16.1. The molecule has 192 valence electrons. The number of hydrogen-bond donors (Lipinski definition) is 1. The van der Waals surface area contributed by atoms with Gasteiger partial charge in [-0.1, -0.05) is 74.9 Å². The lowest BCUT2D eigenvalue weighted by molar-refractivity contribution is -0.136. The smallest absolute Gasteiger partial charge is 0.410 e. The van der Waals surface area contributed by atoms with Crippen LogP contribution in [0.2, 0.25) is 0 Å². The zero-order chi connectivity index (χ0) is 24.9. The molecule has 0 unspecified atom stereocenters. The second-order valence-electron chi connectivity index (χ2n) is 10.5. The van der Waals surface area contributed by atoms with E-state index in [9.17, 15) is 9.59 Å². The third-order valence-corrected chi connectivity index (χ3v) is 6.69. The van der Waals surface area contributed by atoms with E-state index in [4.69, 9.17) is 10.5 Å². The normalized spacial score (nSPS) is 15.2. The number of nitrogens with zero attached hydrogens (tertiary/aromatic N) is 2. The van der Waals surface area contributed by atoms with Crippen molar-refractivity contribution in [2.75, 3.05) is 13.1 Å². The molecule has 2 aromatic carbocycles. The lowest BCUT2D eigenvalue weighted by Gasteiger charge is -2.40. The minimum Gasteiger partial charge on any atom is -0.445 e. The molecule has 0 bridgehead atoms. The van der Waals surface area contributed by atoms with Crippen LogP contribution in [0, 0.1) is 19.3 Å². The molecule has 2 amide bonds. The standard InChI is InChI=1S/C28H39N3O3.ClH/c1-20-11-12-23(21(2)17-20)18-31(27(33)34-19-22-9-7-6-8-10-22)24-13-15-30(16-14-24)26(32)25(29)28(3,4)5;/h6-12,17,24-25H,13-16,18-19,29H2,1-5H3;1H/t25-;/m1./s1. The van der Waals surface area contributed by atoms with Crippen molar-refractivity contribution in [2.24, 2.45) is 11.1 Å². The number of amides is 2. The summed E-state index contributed by atoms with van der Waals surface area (Å²) in [6.45, 7) is 12.0. The Morgan fingerprint density at radius 1 is 1.09 bits per heavy atom. The SMILES string of the molecule is Cc1ccc(CN(C(=O)OCc2ccccc2)C2CCN(C(=O)[C@@H](N)C(C)(C)C)CC2)c(C)c1.Cl. The van der Waals surface area contributed by atoms with Gasteiger partial charge in [0.2, 0.25) is 5.91 Å². The number of likely N-dealkylation sites (tertiary alicyclic amines) is 1. The fourth-order valence-corrected chi connectivity index (χ4v) is 4.32. The number of carbonyl (C=O) groups excluding carboxylic acids is 2. The van der Waals surface area contributed by atoms with Gasteiger partial charge in [-0.3, -0.25) is 4.79 Å². The van der Waals surface area contributed by atoms with Crippen LogP contribution in [0.15, 0.2) is 48.5 Å². The number of hydrogen-bond acceptors (Lipinski definition) is 4. The van der Waals surface area contributed by atoms with Gasteiger partial charge >= 0.3 is 6.09 Å². The highest BCUT2D eigenvalue weighted by Gasteiger charge is 2.35. The van der Waals surface area contributed by atoms with Crippen molar-refractivity contribution in [3.8, 4) is 0 Å². The van der Waals surface area contributed by atoms with Crippen LogP contribution >= 0.6 is 12.4 Å². The van der Waals surface area contributed by atoms with Gasteiger partial charge in [0, 0.05) is 25.7 Å². The molecular weight excluding hydrogens is 462 g/mol. The van der Waals surface area contributed by atoms with Crippen molar-refractivity contribution in [3.05, 3.63) is 70.8 Å². The molecule has 0 aliphatic carbocycles. The highest BCUT2D eigenvalue weighted by Crippen LogP contribution is 2.25. The van der Waals surface area contributed by atoms with Crippen molar-refractivity contribution < 1.29 is 14.3 Å². The molecule has 0 spiro atoms. The topological polar surface area (TPSA) is 75.9 Å². The van der Waals surface area contributed by atoms with Gasteiger partial charge in [-0.05, 0) is 48.8 Å². The first-order valence-electron chi connectivity index (χ1n) is 12.1. The first-order valence-corrected chi connectivity index (χ1v) is 12.1. The molecule has 7 heteroatoms. The van der Waals surface area contributed by atoms with Crippen LogP contribution in [0.3, 0.4) is 0 Å². The van der Waals surface area contributed by atoms with Crippen LogP contribution in [0.4, 0.5) is 4.79 Å². The number of nitrogens with two attached hydrogens (primary N) is 1. The average molecular weight is 502 g/mol. The van der Waals surface area contributed by atoms with Gasteiger partial charge in [-0.25, -0.2) is 4.79 Å². The second-order valence-corrected chi connectivity index (χ2v) is 10.5. The van der Waals surface area contributed by atoms with E-state index in [1.165, 1.54) is 5.56 Å². The number of ether oxygens (including phenoxy) is 1. The number of rotatable bonds is 6. The van der Waals surface area contributed by atoms with Crippen molar-refractivity contribution in [1.82, 2.24) is 9.80 Å². The van der Waals surface area contributed by atoms with Crippen LogP contribution in [0.25, 0.3) is 0 Å². The van der Waals surface area contributed by atoms with Crippen molar-refractivity contribution in [3.63, 3.8) is 0 Å². The molecule has 1 saturated heterocycles. The van der Waals surface area contributed by atoms with Gasteiger partial charge in [0.15, 0.2) is 0 Å². The Kier molecular flexibility index (Phi) is 10.2.